The van der Waals surface area contributed by atoms with Crippen LogP contribution in [0.25, 0.3) is 11.3 Å². The quantitative estimate of drug-likeness (QED) is 0.451. The van der Waals surface area contributed by atoms with Crippen LogP contribution in [0.3, 0.4) is 0 Å². The number of nitrogens with zero attached hydrogens (tertiary/aromatic N) is 1. The number of amides is 2. The van der Waals surface area contributed by atoms with Gasteiger partial charge < -0.3 is 14.5 Å². The number of rotatable bonds is 5. The first-order chi connectivity index (χ1) is 13.8. The van der Waals surface area contributed by atoms with E-state index < -0.39 is 23.6 Å². The summed E-state index contributed by atoms with van der Waals surface area (Å²) in [6.45, 7) is 0.886. The number of hydrazone groups is 1. The molecule has 10 heteroatoms. The number of ether oxygens (including phenoxy) is 1. The molecule has 0 saturated carbocycles. The van der Waals surface area contributed by atoms with E-state index in [-0.39, 0.29) is 29.7 Å². The lowest BCUT2D eigenvalue weighted by atomic mass is 10.1. The van der Waals surface area contributed by atoms with E-state index in [2.05, 4.69) is 15.8 Å². The van der Waals surface area contributed by atoms with Gasteiger partial charge in [0.25, 0.3) is 0 Å². The Morgan fingerprint density at radius 2 is 2.03 bits per heavy atom. The second kappa shape index (κ2) is 8.91. The molecule has 2 N–H and O–H groups in total. The monoisotopic (exact) mass is 409 g/mol. The van der Waals surface area contributed by atoms with Crippen LogP contribution in [0.15, 0.2) is 45.9 Å². The minimum absolute atomic E-state index is 0.0901. The third kappa shape index (κ3) is 5.67. The zero-order valence-electron chi connectivity index (χ0n) is 15.2. The molecule has 0 spiro atoms. The van der Waals surface area contributed by atoms with Crippen LogP contribution in [-0.4, -0.2) is 37.3 Å². The molecular formula is C19H18F3N3O4. The molecule has 2 aromatic rings. The van der Waals surface area contributed by atoms with Crippen LogP contribution in [0.1, 0.15) is 24.2 Å². The SMILES string of the molecule is O=C(NC[C@@H]1CCCO1)C(=O)N/N=C\c1ccc(-c2cccc(C(F)(F)F)c2)o1. The second-order valence-corrected chi connectivity index (χ2v) is 6.32. The molecular weight excluding hydrogens is 391 g/mol. The zero-order valence-corrected chi connectivity index (χ0v) is 15.2. The average molecular weight is 409 g/mol. The lowest BCUT2D eigenvalue weighted by Gasteiger charge is -2.09. The van der Waals surface area contributed by atoms with Crippen LogP contribution in [0.4, 0.5) is 13.2 Å². The van der Waals surface area contributed by atoms with Crippen molar-refractivity contribution >= 4 is 18.0 Å². The van der Waals surface area contributed by atoms with Crippen molar-refractivity contribution in [1.82, 2.24) is 10.7 Å². The molecule has 2 amide bonds. The van der Waals surface area contributed by atoms with Crippen molar-refractivity contribution in [2.24, 2.45) is 5.10 Å². The molecule has 7 nitrogen and oxygen atoms in total. The van der Waals surface area contributed by atoms with Crippen molar-refractivity contribution in [1.29, 1.82) is 0 Å². The molecule has 1 aliphatic rings. The molecule has 0 unspecified atom stereocenters. The second-order valence-electron chi connectivity index (χ2n) is 6.32. The highest BCUT2D eigenvalue weighted by Crippen LogP contribution is 2.32. The Hall–Kier alpha value is -3.14. The Morgan fingerprint density at radius 1 is 1.21 bits per heavy atom. The first kappa shape index (κ1) is 20.6. The molecule has 2 heterocycles. The highest BCUT2D eigenvalue weighted by molar-refractivity contribution is 6.35. The first-order valence-corrected chi connectivity index (χ1v) is 8.83. The number of furan rings is 1. The van der Waals surface area contributed by atoms with Crippen LogP contribution in [0, 0.1) is 0 Å². The van der Waals surface area contributed by atoms with E-state index in [1.54, 1.807) is 0 Å². The fraction of sp³-hybridized carbons (Fsp3) is 0.316. The largest absolute Gasteiger partial charge is 0.455 e. The number of benzene rings is 1. The lowest BCUT2D eigenvalue weighted by molar-refractivity contribution is -0.139. The normalized spacial score (nSPS) is 16.9. The molecule has 29 heavy (non-hydrogen) atoms. The highest BCUT2D eigenvalue weighted by atomic mass is 19.4. The lowest BCUT2D eigenvalue weighted by Crippen LogP contribution is -2.41. The fourth-order valence-corrected chi connectivity index (χ4v) is 2.72. The summed E-state index contributed by atoms with van der Waals surface area (Å²) in [5.41, 5.74) is 1.51. The Labute approximate surface area is 163 Å². The number of carbonyl (C=O) groups is 2. The average Bonchev–Trinajstić information content (AvgIpc) is 3.37. The van der Waals surface area contributed by atoms with E-state index in [4.69, 9.17) is 9.15 Å². The van der Waals surface area contributed by atoms with Gasteiger partial charge in [0.2, 0.25) is 0 Å². The van der Waals surface area contributed by atoms with Gasteiger partial charge in [-0.05, 0) is 37.1 Å². The van der Waals surface area contributed by atoms with E-state index in [1.165, 1.54) is 24.3 Å². The summed E-state index contributed by atoms with van der Waals surface area (Å²) < 4.78 is 49.2. The molecule has 0 bridgehead atoms. The summed E-state index contributed by atoms with van der Waals surface area (Å²) >= 11 is 0. The topological polar surface area (TPSA) is 92.9 Å². The fourth-order valence-electron chi connectivity index (χ4n) is 2.72. The number of halogens is 3. The Bertz CT molecular complexity index is 902. The summed E-state index contributed by atoms with van der Waals surface area (Å²) in [7, 11) is 0. The van der Waals surface area contributed by atoms with Gasteiger partial charge in [-0.3, -0.25) is 9.59 Å². The molecule has 0 aliphatic carbocycles. The van der Waals surface area contributed by atoms with Crippen LogP contribution in [0.5, 0.6) is 0 Å². The minimum Gasteiger partial charge on any atom is -0.455 e. The molecule has 1 fully saturated rings. The summed E-state index contributed by atoms with van der Waals surface area (Å²) in [5, 5.41) is 6.07. The van der Waals surface area contributed by atoms with Gasteiger partial charge in [0.1, 0.15) is 11.5 Å². The van der Waals surface area contributed by atoms with Crippen molar-refractivity contribution in [3.8, 4) is 11.3 Å². The van der Waals surface area contributed by atoms with E-state index in [1.807, 2.05) is 0 Å². The number of alkyl halides is 3. The number of hydrogen-bond acceptors (Lipinski definition) is 5. The van der Waals surface area contributed by atoms with Gasteiger partial charge in [-0.2, -0.15) is 18.3 Å². The smallest absolute Gasteiger partial charge is 0.416 e. The van der Waals surface area contributed by atoms with Gasteiger partial charge in [-0.25, -0.2) is 5.43 Å². The van der Waals surface area contributed by atoms with Crippen molar-refractivity contribution in [2.75, 3.05) is 13.2 Å². The van der Waals surface area contributed by atoms with Crippen LogP contribution < -0.4 is 10.7 Å². The predicted molar refractivity (Wildman–Crippen MR) is 96.9 cm³/mol. The summed E-state index contributed by atoms with van der Waals surface area (Å²) in [4.78, 5) is 23.4. The Balaban J connectivity index is 1.53. The van der Waals surface area contributed by atoms with Gasteiger partial charge in [0.05, 0.1) is 17.9 Å². The van der Waals surface area contributed by atoms with E-state index in [0.717, 1.165) is 31.2 Å². The molecule has 154 valence electrons. The molecule has 1 atom stereocenters. The van der Waals surface area contributed by atoms with E-state index in [0.29, 0.717) is 6.61 Å². The Morgan fingerprint density at radius 3 is 2.76 bits per heavy atom. The van der Waals surface area contributed by atoms with Crippen molar-refractivity contribution < 1.29 is 31.9 Å². The third-order valence-corrected chi connectivity index (χ3v) is 4.18. The van der Waals surface area contributed by atoms with Gasteiger partial charge >= 0.3 is 18.0 Å². The Kier molecular flexibility index (Phi) is 6.32. The molecule has 1 saturated heterocycles. The standard InChI is InChI=1S/C19H18F3N3O4/c20-19(21,22)13-4-1-3-12(9-13)16-7-6-15(29-16)11-24-25-18(27)17(26)23-10-14-5-2-8-28-14/h1,3-4,6-7,9,11,14H,2,5,8,10H2,(H,23,26)(H,25,27)/b24-11-/t14-/m0/s1. The van der Waals surface area contributed by atoms with Crippen LogP contribution in [0.2, 0.25) is 0 Å². The van der Waals surface area contributed by atoms with Gasteiger partial charge in [0.15, 0.2) is 0 Å². The van der Waals surface area contributed by atoms with E-state index in [9.17, 15) is 22.8 Å². The van der Waals surface area contributed by atoms with Crippen molar-refractivity contribution in [3.05, 3.63) is 47.7 Å². The number of carbonyl (C=O) groups excluding carboxylic acids is 2. The van der Waals surface area contributed by atoms with Crippen molar-refractivity contribution in [2.45, 2.75) is 25.1 Å². The zero-order chi connectivity index (χ0) is 20.9. The first-order valence-electron chi connectivity index (χ1n) is 8.83. The maximum absolute atomic E-state index is 12.8. The molecule has 3 rings (SSSR count). The summed E-state index contributed by atoms with van der Waals surface area (Å²) in [6, 6.07) is 7.66. The van der Waals surface area contributed by atoms with Gasteiger partial charge in [0, 0.05) is 18.7 Å². The third-order valence-electron chi connectivity index (χ3n) is 4.18. The van der Waals surface area contributed by atoms with Crippen molar-refractivity contribution in [3.63, 3.8) is 0 Å². The summed E-state index contributed by atoms with van der Waals surface area (Å²) in [6.07, 6.45) is -1.66. The molecule has 0 radical (unpaired) electrons. The summed E-state index contributed by atoms with van der Waals surface area (Å²) in [5.74, 6) is -1.40. The predicted octanol–water partition coefficient (Wildman–Crippen LogP) is 2.71. The maximum atomic E-state index is 12.8. The van der Waals surface area contributed by atoms with Gasteiger partial charge in [-0.1, -0.05) is 12.1 Å². The molecule has 1 aliphatic heterocycles. The van der Waals surface area contributed by atoms with Crippen LogP contribution in [-0.2, 0) is 20.5 Å². The highest BCUT2D eigenvalue weighted by Gasteiger charge is 2.30. The van der Waals surface area contributed by atoms with E-state index >= 15 is 0 Å². The molecule has 1 aromatic carbocycles. The number of nitrogens with one attached hydrogen (secondary N) is 2. The van der Waals surface area contributed by atoms with Crippen LogP contribution >= 0.6 is 0 Å². The maximum Gasteiger partial charge on any atom is 0.416 e. The minimum atomic E-state index is -4.46. The number of hydrogen-bond donors (Lipinski definition) is 2. The molecule has 1 aromatic heterocycles. The van der Waals surface area contributed by atoms with Gasteiger partial charge in [-0.15, -0.1) is 0 Å².